The number of benzene rings is 1. The van der Waals surface area contributed by atoms with Crippen molar-refractivity contribution in [3.05, 3.63) is 94.2 Å². The van der Waals surface area contributed by atoms with Gasteiger partial charge in [0.05, 0.1) is 15.9 Å². The number of nitrogens with zero attached hydrogens (tertiary/aromatic N) is 4. The fourth-order valence-corrected chi connectivity index (χ4v) is 3.90. The van der Waals surface area contributed by atoms with E-state index in [4.69, 9.17) is 11.6 Å². The molecule has 176 valence electrons. The Balaban J connectivity index is 1.29. The number of amides is 1. The SMILES string of the molecule is O=C(NCc1cnc2n[nH]c(C(F)(F)F)c2c1)c1ccnc(Cc2ccc3ncc(Cl)cc3c2)c1. The standard InChI is InChI=1S/C24H16ClF3N6O/c25-17-8-16-5-13(1-2-20(16)30-12-17)6-18-9-15(3-4-29-18)23(35)32-11-14-7-19-21(24(26,27)28)33-34-22(19)31-10-14/h1-5,7-10,12H,6,11H2,(H,32,35)(H,31,33,34). The predicted molar refractivity (Wildman–Crippen MR) is 124 cm³/mol. The summed E-state index contributed by atoms with van der Waals surface area (Å²) >= 11 is 6.03. The van der Waals surface area contributed by atoms with Crippen LogP contribution in [0, 0.1) is 0 Å². The number of aromatic amines is 1. The molecule has 0 aliphatic carbocycles. The molecule has 0 unspecified atom stereocenters. The topological polar surface area (TPSA) is 96.5 Å². The Morgan fingerprint density at radius 3 is 2.69 bits per heavy atom. The van der Waals surface area contributed by atoms with E-state index in [0.717, 1.165) is 16.5 Å². The minimum absolute atomic E-state index is 0.000338. The third-order valence-electron chi connectivity index (χ3n) is 5.38. The average Bonchev–Trinajstić information content (AvgIpc) is 3.26. The predicted octanol–water partition coefficient (Wildman–Crippen LogP) is 5.09. The second kappa shape index (κ2) is 8.95. The van der Waals surface area contributed by atoms with Gasteiger partial charge in [-0.05, 0) is 47.5 Å². The summed E-state index contributed by atoms with van der Waals surface area (Å²) in [6, 6.07) is 12.2. The molecule has 1 amide bonds. The number of halogens is 4. The van der Waals surface area contributed by atoms with E-state index < -0.39 is 11.9 Å². The second-order valence-corrected chi connectivity index (χ2v) is 8.32. The normalized spacial score (nSPS) is 11.8. The zero-order valence-electron chi connectivity index (χ0n) is 17.9. The van der Waals surface area contributed by atoms with Gasteiger partial charge in [-0.15, -0.1) is 0 Å². The van der Waals surface area contributed by atoms with Gasteiger partial charge < -0.3 is 5.32 Å². The lowest BCUT2D eigenvalue weighted by atomic mass is 10.0. The molecule has 5 rings (SSSR count). The largest absolute Gasteiger partial charge is 0.433 e. The smallest absolute Gasteiger partial charge is 0.348 e. The number of hydrogen-bond donors (Lipinski definition) is 2. The van der Waals surface area contributed by atoms with Gasteiger partial charge in [-0.2, -0.15) is 18.3 Å². The molecule has 1 aromatic carbocycles. The summed E-state index contributed by atoms with van der Waals surface area (Å²) in [6.45, 7) is 0.000338. The highest BCUT2D eigenvalue weighted by atomic mass is 35.5. The Labute approximate surface area is 201 Å². The van der Waals surface area contributed by atoms with Crippen LogP contribution in [0.5, 0.6) is 0 Å². The van der Waals surface area contributed by atoms with Gasteiger partial charge in [0.2, 0.25) is 0 Å². The number of carbonyl (C=O) groups excluding carboxylic acids is 1. The molecule has 2 N–H and O–H groups in total. The van der Waals surface area contributed by atoms with E-state index in [9.17, 15) is 18.0 Å². The highest BCUT2D eigenvalue weighted by Crippen LogP contribution is 2.32. The fraction of sp³-hybridized carbons (Fsp3) is 0.125. The molecule has 0 radical (unpaired) electrons. The number of H-pyrrole nitrogens is 1. The van der Waals surface area contributed by atoms with Crippen LogP contribution in [-0.2, 0) is 19.1 Å². The van der Waals surface area contributed by atoms with E-state index in [1.807, 2.05) is 29.4 Å². The summed E-state index contributed by atoms with van der Waals surface area (Å²) in [5, 5.41) is 9.55. The van der Waals surface area contributed by atoms with E-state index in [-0.39, 0.29) is 23.5 Å². The quantitative estimate of drug-likeness (QED) is 0.353. The second-order valence-electron chi connectivity index (χ2n) is 7.89. The van der Waals surface area contributed by atoms with Crippen LogP contribution in [0.1, 0.15) is 32.9 Å². The van der Waals surface area contributed by atoms with Gasteiger partial charge in [-0.25, -0.2) is 4.98 Å². The minimum Gasteiger partial charge on any atom is -0.348 e. The van der Waals surface area contributed by atoms with Gasteiger partial charge in [-0.1, -0.05) is 17.7 Å². The van der Waals surface area contributed by atoms with Gasteiger partial charge in [0.15, 0.2) is 5.65 Å². The molecule has 0 saturated heterocycles. The minimum atomic E-state index is -4.58. The maximum atomic E-state index is 13.1. The van der Waals surface area contributed by atoms with E-state index in [0.29, 0.717) is 28.3 Å². The molecular weight excluding hydrogens is 481 g/mol. The first-order valence-corrected chi connectivity index (χ1v) is 10.8. The van der Waals surface area contributed by atoms with Crippen LogP contribution in [0.2, 0.25) is 5.02 Å². The molecule has 4 heterocycles. The number of rotatable bonds is 5. The summed E-state index contributed by atoms with van der Waals surface area (Å²) in [5.41, 5.74) is 2.26. The average molecular weight is 497 g/mol. The van der Waals surface area contributed by atoms with Crippen molar-refractivity contribution in [2.45, 2.75) is 19.1 Å². The Morgan fingerprint density at radius 1 is 1.00 bits per heavy atom. The first-order valence-electron chi connectivity index (χ1n) is 10.4. The lowest BCUT2D eigenvalue weighted by Gasteiger charge is -2.08. The summed E-state index contributed by atoms with van der Waals surface area (Å²) in [7, 11) is 0. The molecule has 0 atom stereocenters. The van der Waals surface area contributed by atoms with Gasteiger partial charge in [0.1, 0.15) is 5.69 Å². The zero-order valence-corrected chi connectivity index (χ0v) is 18.7. The van der Waals surface area contributed by atoms with Crippen molar-refractivity contribution in [3.8, 4) is 0 Å². The molecule has 0 spiro atoms. The van der Waals surface area contributed by atoms with Crippen LogP contribution in [0.15, 0.2) is 61.1 Å². The summed E-state index contributed by atoms with van der Waals surface area (Å²) < 4.78 is 39.4. The van der Waals surface area contributed by atoms with Crippen molar-refractivity contribution in [1.82, 2.24) is 30.5 Å². The zero-order chi connectivity index (χ0) is 24.6. The molecule has 0 aliphatic rings. The van der Waals surface area contributed by atoms with Crippen molar-refractivity contribution in [1.29, 1.82) is 0 Å². The fourth-order valence-electron chi connectivity index (χ4n) is 3.73. The Hall–Kier alpha value is -4.05. The van der Waals surface area contributed by atoms with Crippen LogP contribution in [0.4, 0.5) is 13.2 Å². The number of hydrogen-bond acceptors (Lipinski definition) is 5. The molecule has 5 aromatic rings. The number of aromatic nitrogens is 5. The maximum Gasteiger partial charge on any atom is 0.433 e. The summed E-state index contributed by atoms with van der Waals surface area (Å²) in [4.78, 5) is 25.3. The highest BCUT2D eigenvalue weighted by molar-refractivity contribution is 6.31. The molecule has 11 heteroatoms. The van der Waals surface area contributed by atoms with Crippen LogP contribution in [0.25, 0.3) is 21.9 Å². The Bertz CT molecular complexity index is 1570. The number of fused-ring (bicyclic) bond motifs is 2. The van der Waals surface area contributed by atoms with Crippen molar-refractivity contribution in [3.63, 3.8) is 0 Å². The third kappa shape index (κ3) is 4.92. The van der Waals surface area contributed by atoms with Crippen molar-refractivity contribution in [2.75, 3.05) is 0 Å². The lowest BCUT2D eigenvalue weighted by molar-refractivity contribution is -0.139. The van der Waals surface area contributed by atoms with Crippen LogP contribution in [-0.4, -0.2) is 31.1 Å². The first-order chi connectivity index (χ1) is 16.8. The molecule has 0 bridgehead atoms. The number of pyridine rings is 3. The lowest BCUT2D eigenvalue weighted by Crippen LogP contribution is -2.23. The van der Waals surface area contributed by atoms with E-state index >= 15 is 0 Å². The number of carbonyl (C=O) groups is 1. The van der Waals surface area contributed by atoms with Gasteiger partial charge in [0.25, 0.3) is 5.91 Å². The Kier molecular flexibility index (Phi) is 5.81. The highest BCUT2D eigenvalue weighted by Gasteiger charge is 2.35. The summed E-state index contributed by atoms with van der Waals surface area (Å²) in [6.07, 6.45) is 0.414. The monoisotopic (exact) mass is 496 g/mol. The van der Waals surface area contributed by atoms with Crippen LogP contribution < -0.4 is 5.32 Å². The molecular formula is C24H16ClF3N6O. The summed E-state index contributed by atoms with van der Waals surface area (Å²) in [5.74, 6) is -0.383. The van der Waals surface area contributed by atoms with Crippen molar-refractivity contribution < 1.29 is 18.0 Å². The maximum absolute atomic E-state index is 13.1. The molecule has 0 saturated carbocycles. The van der Waals surface area contributed by atoms with Crippen LogP contribution in [0.3, 0.4) is 0 Å². The van der Waals surface area contributed by atoms with Gasteiger partial charge >= 0.3 is 6.18 Å². The molecule has 0 aliphatic heterocycles. The number of alkyl halides is 3. The third-order valence-corrected chi connectivity index (χ3v) is 5.59. The van der Waals surface area contributed by atoms with Crippen molar-refractivity contribution in [2.24, 2.45) is 0 Å². The molecule has 0 fully saturated rings. The molecule has 35 heavy (non-hydrogen) atoms. The first kappa shape index (κ1) is 22.7. The van der Waals surface area contributed by atoms with E-state index in [2.05, 4.69) is 25.4 Å². The van der Waals surface area contributed by atoms with Gasteiger partial charge in [-0.3, -0.25) is 19.9 Å². The molecule has 7 nitrogen and oxygen atoms in total. The van der Waals surface area contributed by atoms with Gasteiger partial charge in [0, 0.05) is 48.2 Å². The van der Waals surface area contributed by atoms with Crippen LogP contribution >= 0.6 is 11.6 Å². The molecule has 4 aromatic heterocycles. The van der Waals surface area contributed by atoms with E-state index in [1.165, 1.54) is 12.3 Å². The van der Waals surface area contributed by atoms with Crippen molar-refractivity contribution >= 4 is 39.4 Å². The Morgan fingerprint density at radius 2 is 1.86 bits per heavy atom. The number of nitrogens with one attached hydrogen (secondary N) is 2. The van der Waals surface area contributed by atoms with E-state index in [1.54, 1.807) is 24.5 Å².